The number of benzene rings is 1. The molecule has 0 bridgehead atoms. The van der Waals surface area contributed by atoms with Crippen molar-refractivity contribution in [3.8, 4) is 11.5 Å². The zero-order valence-electron chi connectivity index (χ0n) is 13.1. The fraction of sp³-hybridized carbons (Fsp3) is 0.333. The first-order chi connectivity index (χ1) is 10.9. The lowest BCUT2D eigenvalue weighted by Crippen LogP contribution is -2.30. The minimum Gasteiger partial charge on any atom is -0.493 e. The van der Waals surface area contributed by atoms with Gasteiger partial charge in [-0.2, -0.15) is 4.31 Å². The van der Waals surface area contributed by atoms with Crippen molar-refractivity contribution in [1.29, 1.82) is 0 Å². The molecule has 0 N–H and O–H groups in total. The Morgan fingerprint density at radius 1 is 1.13 bits per heavy atom. The fourth-order valence-electron chi connectivity index (χ4n) is 2.10. The molecule has 1 aromatic carbocycles. The molecule has 8 heteroatoms. The standard InChI is InChI=1S/C15H18ClNO4S2/c1-4-17(10-11-5-8-15(16)22-11)23(18,19)12-6-7-13(20-2)14(9-12)21-3/h5-9H,4,10H2,1-3H3. The van der Waals surface area contributed by atoms with Crippen molar-refractivity contribution in [3.05, 3.63) is 39.5 Å². The average molecular weight is 376 g/mol. The van der Waals surface area contributed by atoms with E-state index in [4.69, 9.17) is 21.1 Å². The Morgan fingerprint density at radius 2 is 1.83 bits per heavy atom. The van der Waals surface area contributed by atoms with Gasteiger partial charge in [0.1, 0.15) is 0 Å². The number of methoxy groups -OCH3 is 2. The molecule has 126 valence electrons. The molecule has 0 amide bonds. The molecule has 0 aliphatic heterocycles. The Balaban J connectivity index is 2.34. The van der Waals surface area contributed by atoms with Gasteiger partial charge in [0.25, 0.3) is 0 Å². The van der Waals surface area contributed by atoms with Crippen molar-refractivity contribution in [2.45, 2.75) is 18.4 Å². The van der Waals surface area contributed by atoms with Crippen LogP contribution in [0.1, 0.15) is 11.8 Å². The van der Waals surface area contributed by atoms with Crippen LogP contribution in [0.25, 0.3) is 0 Å². The Hall–Kier alpha value is -1.28. The van der Waals surface area contributed by atoms with Crippen LogP contribution in [0.5, 0.6) is 11.5 Å². The summed E-state index contributed by atoms with van der Waals surface area (Å²) in [7, 11) is -0.660. The molecule has 23 heavy (non-hydrogen) atoms. The highest BCUT2D eigenvalue weighted by Crippen LogP contribution is 2.31. The molecule has 0 aliphatic carbocycles. The van der Waals surface area contributed by atoms with Crippen molar-refractivity contribution in [2.24, 2.45) is 0 Å². The summed E-state index contributed by atoms with van der Waals surface area (Å²) < 4.78 is 38.1. The van der Waals surface area contributed by atoms with E-state index in [-0.39, 0.29) is 11.4 Å². The predicted octanol–water partition coefficient (Wildman–Crippen LogP) is 3.63. The van der Waals surface area contributed by atoms with Crippen LogP contribution in [0.4, 0.5) is 0 Å². The molecule has 0 fully saturated rings. The topological polar surface area (TPSA) is 55.8 Å². The summed E-state index contributed by atoms with van der Waals surface area (Å²) in [6.45, 7) is 2.43. The highest BCUT2D eigenvalue weighted by Gasteiger charge is 2.25. The molecule has 0 saturated carbocycles. The van der Waals surface area contributed by atoms with E-state index in [9.17, 15) is 8.42 Å². The first kappa shape index (κ1) is 18.1. The summed E-state index contributed by atoms with van der Waals surface area (Å²) in [6, 6.07) is 8.17. The molecule has 0 aliphatic rings. The molecule has 0 spiro atoms. The monoisotopic (exact) mass is 375 g/mol. The second kappa shape index (κ2) is 7.53. The van der Waals surface area contributed by atoms with Crippen LogP contribution in [-0.4, -0.2) is 33.5 Å². The van der Waals surface area contributed by atoms with E-state index in [1.54, 1.807) is 19.1 Å². The molecule has 0 unspecified atom stereocenters. The van der Waals surface area contributed by atoms with Crippen molar-refractivity contribution < 1.29 is 17.9 Å². The number of hydrogen-bond acceptors (Lipinski definition) is 5. The van der Waals surface area contributed by atoms with Gasteiger partial charge in [-0.25, -0.2) is 8.42 Å². The van der Waals surface area contributed by atoms with Crippen molar-refractivity contribution in [1.82, 2.24) is 4.31 Å². The summed E-state index contributed by atoms with van der Waals surface area (Å²) in [5, 5.41) is 0. The second-order valence-corrected chi connectivity index (χ2v) is 8.39. The van der Waals surface area contributed by atoms with Crippen LogP contribution in [-0.2, 0) is 16.6 Å². The van der Waals surface area contributed by atoms with E-state index in [1.807, 2.05) is 6.07 Å². The Labute approximate surface area is 145 Å². The van der Waals surface area contributed by atoms with Gasteiger partial charge in [0, 0.05) is 24.0 Å². The molecule has 1 heterocycles. The molecular weight excluding hydrogens is 358 g/mol. The number of thiophene rings is 1. The van der Waals surface area contributed by atoms with Gasteiger partial charge in [-0.15, -0.1) is 11.3 Å². The van der Waals surface area contributed by atoms with E-state index in [0.717, 1.165) is 4.88 Å². The molecule has 1 aromatic heterocycles. The van der Waals surface area contributed by atoms with Crippen LogP contribution in [0.15, 0.2) is 35.2 Å². The SMILES string of the molecule is CCN(Cc1ccc(Cl)s1)S(=O)(=O)c1ccc(OC)c(OC)c1. The summed E-state index contributed by atoms with van der Waals surface area (Å²) in [6.07, 6.45) is 0. The van der Waals surface area contributed by atoms with Gasteiger partial charge in [-0.05, 0) is 24.3 Å². The minimum atomic E-state index is -3.64. The van der Waals surface area contributed by atoms with E-state index < -0.39 is 10.0 Å². The third-order valence-corrected chi connectivity index (χ3v) is 6.44. The molecule has 0 atom stereocenters. The predicted molar refractivity (Wildman–Crippen MR) is 92.1 cm³/mol. The van der Waals surface area contributed by atoms with Crippen LogP contribution < -0.4 is 9.47 Å². The lowest BCUT2D eigenvalue weighted by molar-refractivity contribution is 0.353. The maximum Gasteiger partial charge on any atom is 0.243 e. The highest BCUT2D eigenvalue weighted by atomic mass is 35.5. The number of nitrogens with zero attached hydrogens (tertiary/aromatic N) is 1. The van der Waals surface area contributed by atoms with E-state index in [2.05, 4.69) is 0 Å². The van der Waals surface area contributed by atoms with Gasteiger partial charge < -0.3 is 9.47 Å². The highest BCUT2D eigenvalue weighted by molar-refractivity contribution is 7.89. The normalized spacial score (nSPS) is 11.7. The molecule has 0 radical (unpaired) electrons. The number of hydrogen-bond donors (Lipinski definition) is 0. The van der Waals surface area contributed by atoms with Crippen LogP contribution in [0.2, 0.25) is 4.34 Å². The molecule has 5 nitrogen and oxygen atoms in total. The zero-order valence-corrected chi connectivity index (χ0v) is 15.5. The summed E-state index contributed by atoms with van der Waals surface area (Å²) in [4.78, 5) is 1.06. The first-order valence-electron chi connectivity index (χ1n) is 6.88. The lowest BCUT2D eigenvalue weighted by Gasteiger charge is -2.20. The molecule has 0 saturated heterocycles. The van der Waals surface area contributed by atoms with Gasteiger partial charge in [0.2, 0.25) is 10.0 Å². The summed E-state index contributed by atoms with van der Waals surface area (Å²) >= 11 is 7.28. The summed E-state index contributed by atoms with van der Waals surface area (Å²) in [5.41, 5.74) is 0. The summed E-state index contributed by atoms with van der Waals surface area (Å²) in [5.74, 6) is 0.864. The smallest absolute Gasteiger partial charge is 0.243 e. The zero-order chi connectivity index (χ0) is 17.0. The Morgan fingerprint density at radius 3 is 2.35 bits per heavy atom. The van der Waals surface area contributed by atoms with Gasteiger partial charge in [-0.1, -0.05) is 18.5 Å². The van der Waals surface area contributed by atoms with E-state index in [0.29, 0.717) is 22.4 Å². The average Bonchev–Trinajstić information content (AvgIpc) is 2.96. The fourth-order valence-corrected chi connectivity index (χ4v) is 4.73. The Kier molecular flexibility index (Phi) is 5.91. The van der Waals surface area contributed by atoms with Gasteiger partial charge in [-0.3, -0.25) is 0 Å². The van der Waals surface area contributed by atoms with Crippen molar-refractivity contribution in [2.75, 3.05) is 20.8 Å². The van der Waals surface area contributed by atoms with Gasteiger partial charge >= 0.3 is 0 Å². The first-order valence-corrected chi connectivity index (χ1v) is 9.52. The molecular formula is C15H18ClNO4S2. The van der Waals surface area contributed by atoms with Crippen LogP contribution in [0, 0.1) is 0 Å². The van der Waals surface area contributed by atoms with Crippen LogP contribution in [0.3, 0.4) is 0 Å². The molecule has 2 aromatic rings. The quantitative estimate of drug-likeness (QED) is 0.741. The minimum absolute atomic E-state index is 0.166. The lowest BCUT2D eigenvalue weighted by atomic mass is 10.3. The largest absolute Gasteiger partial charge is 0.493 e. The Bertz CT molecular complexity index is 774. The van der Waals surface area contributed by atoms with Gasteiger partial charge in [0.15, 0.2) is 11.5 Å². The van der Waals surface area contributed by atoms with Crippen molar-refractivity contribution in [3.63, 3.8) is 0 Å². The number of rotatable bonds is 7. The maximum atomic E-state index is 12.8. The second-order valence-electron chi connectivity index (χ2n) is 4.65. The van der Waals surface area contributed by atoms with E-state index in [1.165, 1.54) is 42.0 Å². The number of halogens is 1. The van der Waals surface area contributed by atoms with Crippen LogP contribution >= 0.6 is 22.9 Å². The van der Waals surface area contributed by atoms with Crippen molar-refractivity contribution >= 4 is 33.0 Å². The van der Waals surface area contributed by atoms with E-state index >= 15 is 0 Å². The third kappa shape index (κ3) is 3.98. The number of sulfonamides is 1. The third-order valence-electron chi connectivity index (χ3n) is 3.31. The van der Waals surface area contributed by atoms with Gasteiger partial charge in [0.05, 0.1) is 23.5 Å². The maximum absolute atomic E-state index is 12.8. The molecule has 2 rings (SSSR count). The number of ether oxygens (including phenoxy) is 2.